The number of carbonyl (C=O) groups excluding carboxylic acids is 1. The number of unbranched alkanes of at least 4 members (excludes halogenated alkanes) is 1. The van der Waals surface area contributed by atoms with Crippen molar-refractivity contribution in [1.29, 1.82) is 0 Å². The van der Waals surface area contributed by atoms with Gasteiger partial charge in [0.15, 0.2) is 0 Å². The number of hydrogen-bond acceptors (Lipinski definition) is 3. The molecule has 2 aliphatic carbocycles. The zero-order chi connectivity index (χ0) is 21.0. The van der Waals surface area contributed by atoms with E-state index >= 15 is 0 Å². The highest BCUT2D eigenvalue weighted by Gasteiger charge is 2.44. The van der Waals surface area contributed by atoms with Crippen molar-refractivity contribution < 1.29 is 14.3 Å². The Morgan fingerprint density at radius 2 is 2.00 bits per heavy atom. The maximum absolute atomic E-state index is 12.7. The molecule has 0 unspecified atom stereocenters. The Labute approximate surface area is 176 Å². The molecule has 158 valence electrons. The molecule has 3 heteroatoms. The molecule has 1 aromatic carbocycles. The van der Waals surface area contributed by atoms with Crippen LogP contribution in [-0.2, 0) is 4.74 Å². The lowest BCUT2D eigenvalue weighted by atomic mass is 9.57. The van der Waals surface area contributed by atoms with Crippen LogP contribution in [-0.4, -0.2) is 18.7 Å². The molecule has 4 atom stereocenters. The van der Waals surface area contributed by atoms with Crippen molar-refractivity contribution in [3.05, 3.63) is 53.6 Å². The third-order valence-electron chi connectivity index (χ3n) is 7.04. The van der Waals surface area contributed by atoms with Crippen molar-refractivity contribution >= 4 is 5.97 Å². The molecule has 0 N–H and O–H groups in total. The van der Waals surface area contributed by atoms with Crippen LogP contribution >= 0.6 is 0 Å². The van der Waals surface area contributed by atoms with E-state index in [0.717, 1.165) is 44.3 Å². The van der Waals surface area contributed by atoms with Crippen LogP contribution in [0.2, 0.25) is 0 Å². The van der Waals surface area contributed by atoms with Crippen LogP contribution in [0.15, 0.2) is 48.1 Å². The standard InChI is InChI=1S/C26H36O3/c1-6-7-14-28-23-12-9-20(10-13-23)25(27)29-24-15-19(4)26(5)17-21(18(2)3)8-11-22(26)16-24/h9-10,12-13,16,19,21,24H,2,6-8,11,14-15,17H2,1,3-5H3/t19-,21-,24-,26+/m1/s1. The zero-order valence-electron chi connectivity index (χ0n) is 18.5. The average Bonchev–Trinajstić information content (AvgIpc) is 2.69. The van der Waals surface area contributed by atoms with Gasteiger partial charge in [0.25, 0.3) is 0 Å². The molecule has 0 aromatic heterocycles. The smallest absolute Gasteiger partial charge is 0.338 e. The molecule has 0 aliphatic heterocycles. The van der Waals surface area contributed by atoms with Crippen LogP contribution in [0.1, 0.15) is 76.6 Å². The number of rotatable bonds is 7. The SMILES string of the molecule is C=C(C)[C@@H]1CCC2=C[C@H](OC(=O)c3ccc(OCCCC)cc3)C[C@@H](C)[C@]2(C)C1. The third kappa shape index (κ3) is 4.94. The van der Waals surface area contributed by atoms with Gasteiger partial charge in [0.05, 0.1) is 12.2 Å². The minimum atomic E-state index is -0.251. The molecule has 1 fully saturated rings. The summed E-state index contributed by atoms with van der Waals surface area (Å²) in [4.78, 5) is 12.7. The van der Waals surface area contributed by atoms with E-state index in [1.807, 2.05) is 12.1 Å². The van der Waals surface area contributed by atoms with Crippen LogP contribution in [0, 0.1) is 17.3 Å². The Balaban J connectivity index is 1.64. The molecule has 0 spiro atoms. The van der Waals surface area contributed by atoms with Crippen molar-refractivity contribution in [1.82, 2.24) is 0 Å². The molecule has 3 nitrogen and oxygen atoms in total. The molecule has 0 bridgehead atoms. The van der Waals surface area contributed by atoms with E-state index in [2.05, 4.69) is 40.3 Å². The summed E-state index contributed by atoms with van der Waals surface area (Å²) in [5.41, 5.74) is 3.54. The third-order valence-corrected chi connectivity index (χ3v) is 7.04. The van der Waals surface area contributed by atoms with E-state index in [4.69, 9.17) is 9.47 Å². The first-order valence-electron chi connectivity index (χ1n) is 11.1. The number of hydrogen-bond donors (Lipinski definition) is 0. The molecule has 1 saturated carbocycles. The fourth-order valence-corrected chi connectivity index (χ4v) is 4.78. The van der Waals surface area contributed by atoms with Gasteiger partial charge in [-0.2, -0.15) is 0 Å². The summed E-state index contributed by atoms with van der Waals surface area (Å²) >= 11 is 0. The van der Waals surface area contributed by atoms with Crippen LogP contribution in [0.5, 0.6) is 5.75 Å². The summed E-state index contributed by atoms with van der Waals surface area (Å²) in [5, 5.41) is 0. The Kier molecular flexibility index (Phi) is 6.87. The number of carbonyl (C=O) groups is 1. The number of fused-ring (bicyclic) bond motifs is 1. The van der Waals surface area contributed by atoms with Crippen LogP contribution in [0.25, 0.3) is 0 Å². The normalized spacial score (nSPS) is 28.8. The van der Waals surface area contributed by atoms with E-state index in [9.17, 15) is 4.79 Å². The topological polar surface area (TPSA) is 35.5 Å². The van der Waals surface area contributed by atoms with Gasteiger partial charge in [-0.3, -0.25) is 0 Å². The van der Waals surface area contributed by atoms with Crippen molar-refractivity contribution in [3.63, 3.8) is 0 Å². The molecule has 3 rings (SSSR count). The first kappa shape index (κ1) is 21.7. The lowest BCUT2D eigenvalue weighted by Gasteiger charge is -2.48. The number of ether oxygens (including phenoxy) is 2. The highest BCUT2D eigenvalue weighted by Crippen LogP contribution is 2.53. The minimum Gasteiger partial charge on any atom is -0.494 e. The van der Waals surface area contributed by atoms with E-state index in [0.29, 0.717) is 24.0 Å². The van der Waals surface area contributed by atoms with Gasteiger partial charge >= 0.3 is 5.97 Å². The van der Waals surface area contributed by atoms with Crippen molar-refractivity contribution in [2.24, 2.45) is 17.3 Å². The van der Waals surface area contributed by atoms with E-state index < -0.39 is 0 Å². The molecule has 1 aromatic rings. The molecule has 2 aliphatic rings. The Hall–Kier alpha value is -2.03. The highest BCUT2D eigenvalue weighted by molar-refractivity contribution is 5.89. The Bertz CT molecular complexity index is 761. The lowest BCUT2D eigenvalue weighted by Crippen LogP contribution is -2.40. The van der Waals surface area contributed by atoms with Crippen LogP contribution in [0.3, 0.4) is 0 Å². The predicted molar refractivity (Wildman–Crippen MR) is 118 cm³/mol. The summed E-state index contributed by atoms with van der Waals surface area (Å²) in [5.74, 6) is 1.64. The van der Waals surface area contributed by atoms with Crippen molar-refractivity contribution in [3.8, 4) is 5.75 Å². The fraction of sp³-hybridized carbons (Fsp3) is 0.577. The molecule has 0 radical (unpaired) electrons. The minimum absolute atomic E-state index is 0.137. The Morgan fingerprint density at radius 3 is 2.66 bits per heavy atom. The number of allylic oxidation sites excluding steroid dienone is 2. The molecular formula is C26H36O3. The largest absolute Gasteiger partial charge is 0.494 e. The second-order valence-electron chi connectivity index (χ2n) is 9.20. The maximum Gasteiger partial charge on any atom is 0.338 e. The predicted octanol–water partition coefficient (Wildman–Crippen LogP) is 6.74. The van der Waals surface area contributed by atoms with E-state index in [1.165, 1.54) is 11.1 Å². The van der Waals surface area contributed by atoms with Crippen LogP contribution in [0.4, 0.5) is 0 Å². The average molecular weight is 397 g/mol. The Morgan fingerprint density at radius 1 is 1.28 bits per heavy atom. The summed E-state index contributed by atoms with van der Waals surface area (Å²) in [6, 6.07) is 7.30. The summed E-state index contributed by atoms with van der Waals surface area (Å²) in [6.45, 7) is 13.9. The van der Waals surface area contributed by atoms with Gasteiger partial charge in [-0.15, -0.1) is 0 Å². The van der Waals surface area contributed by atoms with Gasteiger partial charge in [0.1, 0.15) is 11.9 Å². The number of benzene rings is 1. The molecule has 0 heterocycles. The first-order chi connectivity index (χ1) is 13.8. The molecule has 29 heavy (non-hydrogen) atoms. The molecular weight excluding hydrogens is 360 g/mol. The summed E-state index contributed by atoms with van der Waals surface area (Å²) in [6.07, 6.45) is 8.51. The zero-order valence-corrected chi connectivity index (χ0v) is 18.5. The maximum atomic E-state index is 12.7. The monoisotopic (exact) mass is 396 g/mol. The van der Waals surface area contributed by atoms with Gasteiger partial charge in [-0.05, 0) is 86.6 Å². The number of esters is 1. The van der Waals surface area contributed by atoms with Crippen molar-refractivity contribution in [2.45, 2.75) is 72.3 Å². The second kappa shape index (κ2) is 9.19. The van der Waals surface area contributed by atoms with Gasteiger partial charge in [0.2, 0.25) is 0 Å². The van der Waals surface area contributed by atoms with Gasteiger partial charge in [0, 0.05) is 0 Å². The van der Waals surface area contributed by atoms with E-state index in [1.54, 1.807) is 12.1 Å². The molecule has 0 amide bonds. The highest BCUT2D eigenvalue weighted by atomic mass is 16.5. The van der Waals surface area contributed by atoms with Crippen molar-refractivity contribution in [2.75, 3.05) is 6.61 Å². The lowest BCUT2D eigenvalue weighted by molar-refractivity contribution is 0.0224. The quantitative estimate of drug-likeness (QED) is 0.291. The van der Waals surface area contributed by atoms with Gasteiger partial charge in [-0.25, -0.2) is 4.79 Å². The van der Waals surface area contributed by atoms with Gasteiger partial charge in [-0.1, -0.05) is 44.9 Å². The summed E-state index contributed by atoms with van der Waals surface area (Å²) in [7, 11) is 0. The summed E-state index contributed by atoms with van der Waals surface area (Å²) < 4.78 is 11.6. The van der Waals surface area contributed by atoms with E-state index in [-0.39, 0.29) is 17.5 Å². The fourth-order valence-electron chi connectivity index (χ4n) is 4.78. The van der Waals surface area contributed by atoms with Gasteiger partial charge < -0.3 is 9.47 Å². The molecule has 0 saturated heterocycles. The first-order valence-corrected chi connectivity index (χ1v) is 11.1. The second-order valence-corrected chi connectivity index (χ2v) is 9.20. The van der Waals surface area contributed by atoms with Crippen LogP contribution < -0.4 is 4.74 Å².